The number of rotatable bonds is 5. The molecule has 1 aliphatic heterocycles. The number of allylic oxidation sites excluding steroid dienone is 3. The number of hydrogen-bond acceptors (Lipinski definition) is 3. The number of halogens is 1. The highest BCUT2D eigenvalue weighted by Crippen LogP contribution is 2.33. The van der Waals surface area contributed by atoms with Gasteiger partial charge in [0.2, 0.25) is 5.91 Å². The molecule has 3 rings (SSSR count). The van der Waals surface area contributed by atoms with Crippen molar-refractivity contribution in [1.82, 2.24) is 10.2 Å². The molecule has 172 valence electrons. The second kappa shape index (κ2) is 10.3. The Balaban J connectivity index is 1.64. The van der Waals surface area contributed by atoms with Crippen LogP contribution in [-0.2, 0) is 4.79 Å². The van der Waals surface area contributed by atoms with E-state index in [4.69, 9.17) is 16.3 Å². The molecule has 7 heteroatoms. The number of ether oxygens (including phenoxy) is 1. The number of urea groups is 1. The van der Waals surface area contributed by atoms with Crippen LogP contribution in [0.3, 0.4) is 0 Å². The monoisotopic (exact) mass is 457 g/mol. The second-order valence-electron chi connectivity index (χ2n) is 8.51. The lowest BCUT2D eigenvalue weighted by atomic mass is 9.84. The Labute approximate surface area is 195 Å². The van der Waals surface area contributed by atoms with Crippen molar-refractivity contribution in [2.75, 3.05) is 19.0 Å². The number of anilines is 1. The van der Waals surface area contributed by atoms with E-state index in [-0.39, 0.29) is 23.9 Å². The van der Waals surface area contributed by atoms with Crippen molar-refractivity contribution in [3.63, 3.8) is 0 Å². The zero-order valence-electron chi connectivity index (χ0n) is 19.3. The van der Waals surface area contributed by atoms with Gasteiger partial charge in [0.1, 0.15) is 5.75 Å². The van der Waals surface area contributed by atoms with E-state index in [1.807, 2.05) is 36.9 Å². The molecule has 1 saturated carbocycles. The van der Waals surface area contributed by atoms with Crippen molar-refractivity contribution in [3.8, 4) is 5.75 Å². The van der Waals surface area contributed by atoms with E-state index in [2.05, 4.69) is 17.2 Å². The SMILES string of the molecule is C=C/C(C)=C1/CN(C2CCC(C(=O)Nc3ccc(C)c(OC)c3)CC2)C(=O)N/C1=C(/C)Cl. The van der Waals surface area contributed by atoms with Crippen molar-refractivity contribution in [1.29, 1.82) is 0 Å². The highest BCUT2D eigenvalue weighted by atomic mass is 35.5. The van der Waals surface area contributed by atoms with Crippen LogP contribution in [-0.4, -0.2) is 36.5 Å². The van der Waals surface area contributed by atoms with Gasteiger partial charge in [-0.3, -0.25) is 4.79 Å². The predicted molar refractivity (Wildman–Crippen MR) is 129 cm³/mol. The van der Waals surface area contributed by atoms with Crippen molar-refractivity contribution in [2.45, 2.75) is 52.5 Å². The standard InChI is InChI=1S/C25H32ClN3O3/c1-6-15(2)21-14-29(25(31)28-23(21)17(4)26)20-11-8-18(9-12-20)24(30)27-19-10-7-16(3)22(13-19)32-5/h6-7,10,13,18,20H,1,8-9,11-12,14H2,2-5H3,(H,27,30)(H,28,31)/b21-15-,23-17-. The summed E-state index contributed by atoms with van der Waals surface area (Å²) in [4.78, 5) is 27.5. The number of nitrogens with zero attached hydrogens (tertiary/aromatic N) is 1. The van der Waals surface area contributed by atoms with Gasteiger partial charge in [-0.15, -0.1) is 0 Å². The molecular formula is C25H32ClN3O3. The number of amides is 3. The smallest absolute Gasteiger partial charge is 0.322 e. The summed E-state index contributed by atoms with van der Waals surface area (Å²) in [6.45, 7) is 10.1. The number of aryl methyl sites for hydroxylation is 1. The number of nitrogens with one attached hydrogen (secondary N) is 2. The third-order valence-electron chi connectivity index (χ3n) is 6.43. The van der Waals surface area contributed by atoms with E-state index in [0.29, 0.717) is 17.3 Å². The van der Waals surface area contributed by atoms with E-state index in [9.17, 15) is 9.59 Å². The van der Waals surface area contributed by atoms with Gasteiger partial charge < -0.3 is 20.3 Å². The molecule has 3 amide bonds. The van der Waals surface area contributed by atoms with Crippen LogP contribution in [0.5, 0.6) is 5.75 Å². The van der Waals surface area contributed by atoms with Gasteiger partial charge in [0, 0.05) is 28.7 Å². The Morgan fingerprint density at radius 3 is 2.56 bits per heavy atom. The summed E-state index contributed by atoms with van der Waals surface area (Å²) < 4.78 is 5.34. The number of carbonyl (C=O) groups excluding carboxylic acids is 2. The minimum absolute atomic E-state index is 0.0172. The summed E-state index contributed by atoms with van der Waals surface area (Å²) in [6.07, 6.45) is 4.82. The number of benzene rings is 1. The summed E-state index contributed by atoms with van der Waals surface area (Å²) in [5.41, 5.74) is 4.41. The largest absolute Gasteiger partial charge is 0.496 e. The van der Waals surface area contributed by atoms with Crippen LogP contribution >= 0.6 is 11.6 Å². The first-order valence-corrected chi connectivity index (χ1v) is 11.3. The van der Waals surface area contributed by atoms with Gasteiger partial charge in [0.05, 0.1) is 19.4 Å². The zero-order chi connectivity index (χ0) is 23.4. The molecule has 2 N–H and O–H groups in total. The fourth-order valence-corrected chi connectivity index (χ4v) is 4.56. The van der Waals surface area contributed by atoms with Crippen LogP contribution in [0, 0.1) is 12.8 Å². The molecule has 1 saturated heterocycles. The van der Waals surface area contributed by atoms with Gasteiger partial charge in [-0.25, -0.2) is 4.79 Å². The van der Waals surface area contributed by atoms with Crippen LogP contribution in [0.1, 0.15) is 45.1 Å². The zero-order valence-corrected chi connectivity index (χ0v) is 20.0. The highest BCUT2D eigenvalue weighted by molar-refractivity contribution is 6.30. The van der Waals surface area contributed by atoms with E-state index in [1.165, 1.54) is 0 Å². The molecule has 1 aromatic carbocycles. The van der Waals surface area contributed by atoms with E-state index < -0.39 is 0 Å². The second-order valence-corrected chi connectivity index (χ2v) is 9.08. The van der Waals surface area contributed by atoms with Crippen molar-refractivity contribution < 1.29 is 14.3 Å². The summed E-state index contributed by atoms with van der Waals surface area (Å²) >= 11 is 6.22. The predicted octanol–water partition coefficient (Wildman–Crippen LogP) is 5.50. The maximum Gasteiger partial charge on any atom is 0.322 e. The molecule has 2 fully saturated rings. The third-order valence-corrected chi connectivity index (χ3v) is 6.62. The lowest BCUT2D eigenvalue weighted by molar-refractivity contribution is -0.121. The lowest BCUT2D eigenvalue weighted by Crippen LogP contribution is -2.52. The highest BCUT2D eigenvalue weighted by Gasteiger charge is 2.35. The average molecular weight is 458 g/mol. The van der Waals surface area contributed by atoms with Crippen LogP contribution in [0.2, 0.25) is 0 Å². The Bertz CT molecular complexity index is 971. The van der Waals surface area contributed by atoms with Crippen LogP contribution < -0.4 is 15.4 Å². The van der Waals surface area contributed by atoms with Gasteiger partial charge in [0.15, 0.2) is 0 Å². The first kappa shape index (κ1) is 23.9. The lowest BCUT2D eigenvalue weighted by Gasteiger charge is -2.40. The first-order chi connectivity index (χ1) is 15.2. The Morgan fingerprint density at radius 1 is 1.28 bits per heavy atom. The minimum atomic E-state index is -0.139. The molecular weight excluding hydrogens is 426 g/mol. The molecule has 0 atom stereocenters. The summed E-state index contributed by atoms with van der Waals surface area (Å²) in [5, 5.41) is 6.52. The number of hydrogen-bond donors (Lipinski definition) is 2. The average Bonchev–Trinajstić information content (AvgIpc) is 2.79. The van der Waals surface area contributed by atoms with Crippen LogP contribution in [0.4, 0.5) is 10.5 Å². The summed E-state index contributed by atoms with van der Waals surface area (Å²) in [7, 11) is 1.62. The Kier molecular flexibility index (Phi) is 7.67. The van der Waals surface area contributed by atoms with Crippen LogP contribution in [0.15, 0.2) is 52.7 Å². The van der Waals surface area contributed by atoms with Crippen LogP contribution in [0.25, 0.3) is 0 Å². The first-order valence-electron chi connectivity index (χ1n) is 11.0. The maximum absolute atomic E-state index is 12.8. The molecule has 32 heavy (non-hydrogen) atoms. The van der Waals surface area contributed by atoms with Crippen molar-refractivity contribution in [2.24, 2.45) is 5.92 Å². The molecule has 1 aromatic rings. The normalized spacial score (nSPS) is 24.4. The molecule has 0 radical (unpaired) electrons. The summed E-state index contributed by atoms with van der Waals surface area (Å²) in [6, 6.07) is 5.61. The van der Waals surface area contributed by atoms with E-state index in [0.717, 1.165) is 53.8 Å². The van der Waals surface area contributed by atoms with Gasteiger partial charge in [-0.05, 0) is 69.2 Å². The number of carbonyl (C=O) groups is 2. The van der Waals surface area contributed by atoms with E-state index >= 15 is 0 Å². The summed E-state index contributed by atoms with van der Waals surface area (Å²) in [5.74, 6) is 0.697. The van der Waals surface area contributed by atoms with Gasteiger partial charge in [0.25, 0.3) is 0 Å². The molecule has 6 nitrogen and oxygen atoms in total. The Hall–Kier alpha value is -2.73. The molecule has 0 aromatic heterocycles. The minimum Gasteiger partial charge on any atom is -0.496 e. The molecule has 0 spiro atoms. The third kappa shape index (κ3) is 5.18. The molecule has 1 aliphatic carbocycles. The fraction of sp³-hybridized carbons (Fsp3) is 0.440. The van der Waals surface area contributed by atoms with Gasteiger partial charge in [-0.2, -0.15) is 0 Å². The van der Waals surface area contributed by atoms with E-state index in [1.54, 1.807) is 20.1 Å². The molecule has 0 unspecified atom stereocenters. The number of methoxy groups -OCH3 is 1. The van der Waals surface area contributed by atoms with Gasteiger partial charge >= 0.3 is 6.03 Å². The molecule has 1 heterocycles. The molecule has 0 bridgehead atoms. The van der Waals surface area contributed by atoms with Gasteiger partial charge in [-0.1, -0.05) is 30.3 Å². The molecule has 2 aliphatic rings. The quantitative estimate of drug-likeness (QED) is 0.613. The Morgan fingerprint density at radius 2 is 1.97 bits per heavy atom. The topological polar surface area (TPSA) is 70.7 Å². The van der Waals surface area contributed by atoms with Crippen molar-refractivity contribution in [3.05, 3.63) is 58.3 Å². The van der Waals surface area contributed by atoms with Crippen molar-refractivity contribution >= 4 is 29.2 Å². The maximum atomic E-state index is 12.8. The fourth-order valence-electron chi connectivity index (χ4n) is 4.40.